The summed E-state index contributed by atoms with van der Waals surface area (Å²) in [6, 6.07) is 11.7. The molecule has 1 heterocycles. The Morgan fingerprint density at radius 2 is 1.60 bits per heavy atom. The number of benzene rings is 2. The first-order valence-corrected chi connectivity index (χ1v) is 12.1. The van der Waals surface area contributed by atoms with Crippen molar-refractivity contribution in [2.45, 2.75) is 27.7 Å². The van der Waals surface area contributed by atoms with Crippen LogP contribution in [0.15, 0.2) is 36.4 Å². The van der Waals surface area contributed by atoms with Crippen molar-refractivity contribution in [3.63, 3.8) is 0 Å². The van der Waals surface area contributed by atoms with Gasteiger partial charge in [0.05, 0.1) is 11.9 Å². The second kappa shape index (κ2) is 8.68. The van der Waals surface area contributed by atoms with Crippen molar-refractivity contribution in [2.75, 3.05) is 48.2 Å². The maximum atomic E-state index is 12.9. The van der Waals surface area contributed by atoms with Crippen LogP contribution in [-0.4, -0.2) is 58.2 Å². The fourth-order valence-electron chi connectivity index (χ4n) is 3.78. The number of piperazine rings is 1. The molecule has 1 fully saturated rings. The minimum absolute atomic E-state index is 0.167. The Morgan fingerprint density at radius 1 is 0.933 bits per heavy atom. The van der Waals surface area contributed by atoms with Gasteiger partial charge in [0.1, 0.15) is 6.54 Å². The number of nitrogens with zero attached hydrogens (tertiary/aromatic N) is 3. The van der Waals surface area contributed by atoms with E-state index in [-0.39, 0.29) is 12.5 Å². The quantitative estimate of drug-likeness (QED) is 0.733. The van der Waals surface area contributed by atoms with Crippen molar-refractivity contribution >= 4 is 27.3 Å². The summed E-state index contributed by atoms with van der Waals surface area (Å²) < 4.78 is 26.0. The molecule has 1 aliphatic rings. The topological polar surface area (TPSA) is 60.9 Å². The minimum atomic E-state index is -3.57. The number of amides is 1. The van der Waals surface area contributed by atoms with Crippen LogP contribution in [0.25, 0.3) is 0 Å². The van der Waals surface area contributed by atoms with Gasteiger partial charge in [-0.15, -0.1) is 0 Å². The van der Waals surface area contributed by atoms with Crippen molar-refractivity contribution in [1.29, 1.82) is 0 Å². The van der Waals surface area contributed by atoms with Gasteiger partial charge in [0.25, 0.3) is 0 Å². The smallest absolute Gasteiger partial charge is 0.243 e. The zero-order chi connectivity index (χ0) is 22.1. The van der Waals surface area contributed by atoms with Crippen molar-refractivity contribution in [2.24, 2.45) is 0 Å². The van der Waals surface area contributed by atoms with E-state index in [1.54, 1.807) is 11.0 Å². The van der Waals surface area contributed by atoms with Crippen LogP contribution in [0.2, 0.25) is 0 Å². The Kier molecular flexibility index (Phi) is 6.41. The molecule has 162 valence electrons. The van der Waals surface area contributed by atoms with Crippen LogP contribution >= 0.6 is 0 Å². The Hall–Kier alpha value is -2.54. The molecule has 0 N–H and O–H groups in total. The maximum absolute atomic E-state index is 12.9. The summed E-state index contributed by atoms with van der Waals surface area (Å²) >= 11 is 0. The Balaban J connectivity index is 1.70. The van der Waals surface area contributed by atoms with Crippen molar-refractivity contribution in [3.8, 4) is 0 Å². The third kappa shape index (κ3) is 4.78. The lowest BCUT2D eigenvalue weighted by Gasteiger charge is -2.37. The molecule has 2 aromatic carbocycles. The monoisotopic (exact) mass is 429 g/mol. The third-order valence-electron chi connectivity index (χ3n) is 6.01. The summed E-state index contributed by atoms with van der Waals surface area (Å²) in [6.07, 6.45) is 1.15. The molecule has 0 spiro atoms. The van der Waals surface area contributed by atoms with Gasteiger partial charge in [0.2, 0.25) is 15.9 Å². The molecule has 0 atom stereocenters. The van der Waals surface area contributed by atoms with Gasteiger partial charge in [-0.2, -0.15) is 0 Å². The summed E-state index contributed by atoms with van der Waals surface area (Å²) in [6.45, 7) is 10.6. The summed E-state index contributed by atoms with van der Waals surface area (Å²) in [5.41, 5.74) is 6.33. The molecule has 0 radical (unpaired) electrons. The lowest BCUT2D eigenvalue weighted by atomic mass is 10.1. The molecule has 2 aromatic rings. The fraction of sp³-hybridized carbons (Fsp3) is 0.435. The minimum Gasteiger partial charge on any atom is -0.368 e. The standard InChI is InChI=1S/C23H31N3O3S/c1-17-9-10-21(15-19(17)3)26(30(5,28)29)16-23(27)25-13-11-24(12-14-25)22-8-6-7-18(2)20(22)4/h6-10,15H,11-14,16H2,1-5H3. The molecule has 0 aliphatic carbocycles. The lowest BCUT2D eigenvalue weighted by Crippen LogP contribution is -2.52. The van der Waals surface area contributed by atoms with E-state index in [9.17, 15) is 13.2 Å². The summed E-state index contributed by atoms with van der Waals surface area (Å²) in [4.78, 5) is 17.0. The third-order valence-corrected chi connectivity index (χ3v) is 7.15. The van der Waals surface area contributed by atoms with E-state index in [2.05, 4.69) is 36.9 Å². The Labute approximate surface area is 180 Å². The molecular formula is C23H31N3O3S. The van der Waals surface area contributed by atoms with Crippen molar-refractivity contribution in [1.82, 2.24) is 4.90 Å². The molecule has 0 unspecified atom stereocenters. The van der Waals surface area contributed by atoms with E-state index in [1.165, 1.54) is 21.1 Å². The molecule has 1 saturated heterocycles. The maximum Gasteiger partial charge on any atom is 0.243 e. The van der Waals surface area contributed by atoms with Gasteiger partial charge < -0.3 is 9.80 Å². The van der Waals surface area contributed by atoms with E-state index in [4.69, 9.17) is 0 Å². The first-order chi connectivity index (χ1) is 14.1. The largest absolute Gasteiger partial charge is 0.368 e. The van der Waals surface area contributed by atoms with Crippen LogP contribution in [0.3, 0.4) is 0 Å². The molecule has 0 saturated carbocycles. The van der Waals surface area contributed by atoms with Gasteiger partial charge in [-0.05, 0) is 68.1 Å². The SMILES string of the molecule is Cc1ccc(N(CC(=O)N2CCN(c3cccc(C)c3C)CC2)S(C)(=O)=O)cc1C. The van der Waals surface area contributed by atoms with E-state index >= 15 is 0 Å². The van der Waals surface area contributed by atoms with Crippen LogP contribution in [0.5, 0.6) is 0 Å². The molecule has 3 rings (SSSR count). The van der Waals surface area contributed by atoms with Crippen LogP contribution in [0, 0.1) is 27.7 Å². The van der Waals surface area contributed by atoms with Gasteiger partial charge >= 0.3 is 0 Å². The predicted molar refractivity (Wildman–Crippen MR) is 123 cm³/mol. The van der Waals surface area contributed by atoms with Gasteiger partial charge in [-0.1, -0.05) is 18.2 Å². The number of sulfonamides is 1. The molecule has 30 heavy (non-hydrogen) atoms. The molecular weight excluding hydrogens is 398 g/mol. The van der Waals surface area contributed by atoms with Gasteiger partial charge in [-0.25, -0.2) is 8.42 Å². The van der Waals surface area contributed by atoms with Gasteiger partial charge in [0, 0.05) is 31.9 Å². The molecule has 7 heteroatoms. The van der Waals surface area contributed by atoms with E-state index in [0.29, 0.717) is 18.8 Å². The highest BCUT2D eigenvalue weighted by Gasteiger charge is 2.27. The number of hydrogen-bond acceptors (Lipinski definition) is 4. The van der Waals surface area contributed by atoms with E-state index < -0.39 is 10.0 Å². The molecule has 0 aromatic heterocycles. The fourth-order valence-corrected chi connectivity index (χ4v) is 4.62. The zero-order valence-electron chi connectivity index (χ0n) is 18.5. The summed E-state index contributed by atoms with van der Waals surface area (Å²) in [7, 11) is -3.57. The van der Waals surface area contributed by atoms with Crippen LogP contribution in [-0.2, 0) is 14.8 Å². The van der Waals surface area contributed by atoms with Crippen molar-refractivity contribution < 1.29 is 13.2 Å². The number of aryl methyl sites for hydroxylation is 3. The molecule has 0 bridgehead atoms. The number of hydrogen-bond donors (Lipinski definition) is 0. The number of rotatable bonds is 5. The second-order valence-electron chi connectivity index (χ2n) is 8.13. The zero-order valence-corrected chi connectivity index (χ0v) is 19.3. The molecule has 1 aliphatic heterocycles. The number of carbonyl (C=O) groups is 1. The predicted octanol–water partition coefficient (Wildman–Crippen LogP) is 3.04. The van der Waals surface area contributed by atoms with Crippen LogP contribution in [0.1, 0.15) is 22.3 Å². The Morgan fingerprint density at radius 3 is 2.20 bits per heavy atom. The highest BCUT2D eigenvalue weighted by Crippen LogP contribution is 2.25. The normalized spacial score (nSPS) is 14.7. The number of anilines is 2. The second-order valence-corrected chi connectivity index (χ2v) is 10.0. The average molecular weight is 430 g/mol. The van der Waals surface area contributed by atoms with E-state index in [0.717, 1.165) is 30.5 Å². The average Bonchev–Trinajstić information content (AvgIpc) is 2.69. The first kappa shape index (κ1) is 22.2. The highest BCUT2D eigenvalue weighted by molar-refractivity contribution is 7.92. The first-order valence-electron chi connectivity index (χ1n) is 10.2. The molecule has 1 amide bonds. The van der Waals surface area contributed by atoms with Gasteiger partial charge in [0.15, 0.2) is 0 Å². The van der Waals surface area contributed by atoms with Gasteiger partial charge in [-0.3, -0.25) is 9.10 Å². The van der Waals surface area contributed by atoms with Crippen molar-refractivity contribution in [3.05, 3.63) is 58.7 Å². The Bertz CT molecular complexity index is 1040. The highest BCUT2D eigenvalue weighted by atomic mass is 32.2. The summed E-state index contributed by atoms with van der Waals surface area (Å²) in [5.74, 6) is -0.167. The lowest BCUT2D eigenvalue weighted by molar-refractivity contribution is -0.129. The van der Waals surface area contributed by atoms with Crippen LogP contribution in [0.4, 0.5) is 11.4 Å². The summed E-state index contributed by atoms with van der Waals surface area (Å²) in [5, 5.41) is 0. The van der Waals surface area contributed by atoms with Crippen LogP contribution < -0.4 is 9.21 Å². The van der Waals surface area contributed by atoms with E-state index in [1.807, 2.05) is 26.0 Å². The number of carbonyl (C=O) groups excluding carboxylic acids is 1. The molecule has 6 nitrogen and oxygen atoms in total.